The van der Waals surface area contributed by atoms with Crippen LogP contribution in [0.15, 0.2) is 30.5 Å². The number of aromatic nitrogens is 1. The molecule has 2 heterocycles. The van der Waals surface area contributed by atoms with Crippen molar-refractivity contribution < 1.29 is 9.90 Å². The van der Waals surface area contributed by atoms with E-state index in [9.17, 15) is 4.79 Å². The van der Waals surface area contributed by atoms with Gasteiger partial charge in [0, 0.05) is 30.4 Å². The molecule has 0 atom stereocenters. The van der Waals surface area contributed by atoms with E-state index in [0.717, 1.165) is 29.7 Å². The zero-order valence-corrected chi connectivity index (χ0v) is 10.7. The van der Waals surface area contributed by atoms with Gasteiger partial charge < -0.3 is 10.0 Å². The molecule has 0 bridgehead atoms. The summed E-state index contributed by atoms with van der Waals surface area (Å²) < 4.78 is 0. The van der Waals surface area contributed by atoms with Crippen LogP contribution in [0.3, 0.4) is 0 Å². The summed E-state index contributed by atoms with van der Waals surface area (Å²) in [5, 5.41) is 10.0. The molecule has 4 heteroatoms. The van der Waals surface area contributed by atoms with Crippen LogP contribution in [-0.2, 0) is 0 Å². The second kappa shape index (κ2) is 4.88. The van der Waals surface area contributed by atoms with Crippen LogP contribution in [0, 0.1) is 0 Å². The first kappa shape index (κ1) is 12.0. The standard InChI is InChI=1S/C15H16N2O2/c18-15(19)11-4-5-13-12(10-11)14(6-7-16-13)17-8-2-1-3-9-17/h4-7,10H,1-3,8-9H2,(H,18,19). The van der Waals surface area contributed by atoms with Gasteiger partial charge in [-0.05, 0) is 43.5 Å². The van der Waals surface area contributed by atoms with Gasteiger partial charge in [-0.25, -0.2) is 4.79 Å². The number of fused-ring (bicyclic) bond motifs is 1. The van der Waals surface area contributed by atoms with Crippen LogP contribution in [0.25, 0.3) is 10.9 Å². The maximum absolute atomic E-state index is 11.1. The summed E-state index contributed by atoms with van der Waals surface area (Å²) in [5.41, 5.74) is 2.28. The van der Waals surface area contributed by atoms with Crippen molar-refractivity contribution in [1.29, 1.82) is 0 Å². The van der Waals surface area contributed by atoms with E-state index in [-0.39, 0.29) is 0 Å². The van der Waals surface area contributed by atoms with Crippen LogP contribution in [0.5, 0.6) is 0 Å². The summed E-state index contributed by atoms with van der Waals surface area (Å²) in [6.45, 7) is 2.08. The molecule has 0 saturated carbocycles. The number of anilines is 1. The van der Waals surface area contributed by atoms with E-state index >= 15 is 0 Å². The number of hydrogen-bond acceptors (Lipinski definition) is 3. The van der Waals surface area contributed by atoms with Crippen molar-refractivity contribution in [2.75, 3.05) is 18.0 Å². The van der Waals surface area contributed by atoms with Crippen LogP contribution in [0.2, 0.25) is 0 Å². The number of pyridine rings is 1. The lowest BCUT2D eigenvalue weighted by Crippen LogP contribution is -2.29. The fourth-order valence-electron chi connectivity index (χ4n) is 2.68. The Morgan fingerprint density at radius 3 is 2.68 bits per heavy atom. The van der Waals surface area contributed by atoms with Crippen molar-refractivity contribution in [3.63, 3.8) is 0 Å². The lowest BCUT2D eigenvalue weighted by molar-refractivity contribution is 0.0697. The number of rotatable bonds is 2. The number of benzene rings is 1. The minimum atomic E-state index is -0.893. The van der Waals surface area contributed by atoms with Crippen molar-refractivity contribution in [1.82, 2.24) is 4.98 Å². The highest BCUT2D eigenvalue weighted by molar-refractivity contribution is 5.98. The van der Waals surface area contributed by atoms with E-state index in [2.05, 4.69) is 9.88 Å². The molecule has 1 saturated heterocycles. The summed E-state index contributed by atoms with van der Waals surface area (Å²) in [6, 6.07) is 7.11. The molecule has 1 fully saturated rings. The molecule has 1 aliphatic heterocycles. The minimum Gasteiger partial charge on any atom is -0.478 e. The fraction of sp³-hybridized carbons (Fsp3) is 0.333. The lowest BCUT2D eigenvalue weighted by Gasteiger charge is -2.29. The molecule has 0 aliphatic carbocycles. The van der Waals surface area contributed by atoms with Gasteiger partial charge in [0.15, 0.2) is 0 Å². The summed E-state index contributed by atoms with van der Waals surface area (Å²) in [6.07, 6.45) is 5.47. The molecule has 3 rings (SSSR count). The first-order valence-electron chi connectivity index (χ1n) is 6.63. The molecular weight excluding hydrogens is 240 g/mol. The molecule has 0 amide bonds. The third-order valence-corrected chi connectivity index (χ3v) is 3.66. The number of carboxylic acid groups (broad SMARTS) is 1. The average molecular weight is 256 g/mol. The summed E-state index contributed by atoms with van der Waals surface area (Å²) >= 11 is 0. The number of nitrogens with zero attached hydrogens (tertiary/aromatic N) is 2. The van der Waals surface area contributed by atoms with Gasteiger partial charge in [-0.3, -0.25) is 4.98 Å². The average Bonchev–Trinajstić information content (AvgIpc) is 2.47. The summed E-state index contributed by atoms with van der Waals surface area (Å²) in [5.74, 6) is -0.893. The van der Waals surface area contributed by atoms with E-state index in [1.807, 2.05) is 6.07 Å². The number of piperidine rings is 1. The van der Waals surface area contributed by atoms with Crippen LogP contribution in [0.4, 0.5) is 5.69 Å². The van der Waals surface area contributed by atoms with Crippen LogP contribution in [-0.4, -0.2) is 29.1 Å². The van der Waals surface area contributed by atoms with E-state index < -0.39 is 5.97 Å². The maximum atomic E-state index is 11.1. The molecule has 1 aromatic heterocycles. The minimum absolute atomic E-state index is 0.318. The fourth-order valence-corrected chi connectivity index (χ4v) is 2.68. The highest BCUT2D eigenvalue weighted by atomic mass is 16.4. The monoisotopic (exact) mass is 256 g/mol. The van der Waals surface area contributed by atoms with Gasteiger partial charge in [-0.2, -0.15) is 0 Å². The van der Waals surface area contributed by atoms with Gasteiger partial charge in [0.2, 0.25) is 0 Å². The SMILES string of the molecule is O=C(O)c1ccc2nccc(N3CCCCC3)c2c1. The first-order chi connectivity index (χ1) is 9.25. The molecule has 0 unspecified atom stereocenters. The van der Waals surface area contributed by atoms with Crippen LogP contribution in [0.1, 0.15) is 29.6 Å². The normalized spacial score (nSPS) is 15.7. The number of aromatic carboxylic acids is 1. The Morgan fingerprint density at radius 1 is 1.16 bits per heavy atom. The predicted octanol–water partition coefficient (Wildman–Crippen LogP) is 2.92. The van der Waals surface area contributed by atoms with Crippen molar-refractivity contribution in [3.05, 3.63) is 36.0 Å². The Labute approximate surface area is 111 Å². The molecule has 1 aliphatic rings. The molecule has 0 spiro atoms. The van der Waals surface area contributed by atoms with Crippen molar-refractivity contribution >= 4 is 22.6 Å². The third-order valence-electron chi connectivity index (χ3n) is 3.66. The molecule has 0 radical (unpaired) electrons. The highest BCUT2D eigenvalue weighted by Gasteiger charge is 2.15. The third kappa shape index (κ3) is 2.26. The first-order valence-corrected chi connectivity index (χ1v) is 6.63. The zero-order chi connectivity index (χ0) is 13.2. The Morgan fingerprint density at radius 2 is 1.95 bits per heavy atom. The second-order valence-electron chi connectivity index (χ2n) is 4.91. The highest BCUT2D eigenvalue weighted by Crippen LogP contribution is 2.28. The molecule has 1 N–H and O–H groups in total. The molecule has 19 heavy (non-hydrogen) atoms. The van der Waals surface area contributed by atoms with Crippen molar-refractivity contribution in [2.45, 2.75) is 19.3 Å². The van der Waals surface area contributed by atoms with Gasteiger partial charge >= 0.3 is 5.97 Å². The number of hydrogen-bond donors (Lipinski definition) is 1. The lowest BCUT2D eigenvalue weighted by atomic mass is 10.1. The van der Waals surface area contributed by atoms with E-state index in [1.165, 1.54) is 19.3 Å². The molecule has 4 nitrogen and oxygen atoms in total. The molecular formula is C15H16N2O2. The predicted molar refractivity (Wildman–Crippen MR) is 74.8 cm³/mol. The van der Waals surface area contributed by atoms with E-state index in [0.29, 0.717) is 5.56 Å². The smallest absolute Gasteiger partial charge is 0.335 e. The Bertz CT molecular complexity index is 619. The molecule has 98 valence electrons. The number of carboxylic acids is 1. The van der Waals surface area contributed by atoms with Crippen molar-refractivity contribution in [2.24, 2.45) is 0 Å². The van der Waals surface area contributed by atoms with Gasteiger partial charge in [-0.1, -0.05) is 0 Å². The second-order valence-corrected chi connectivity index (χ2v) is 4.91. The van der Waals surface area contributed by atoms with Gasteiger partial charge in [0.05, 0.1) is 11.1 Å². The van der Waals surface area contributed by atoms with E-state index in [4.69, 9.17) is 5.11 Å². The maximum Gasteiger partial charge on any atom is 0.335 e. The van der Waals surface area contributed by atoms with E-state index in [1.54, 1.807) is 24.4 Å². The van der Waals surface area contributed by atoms with Gasteiger partial charge in [0.1, 0.15) is 0 Å². The summed E-state index contributed by atoms with van der Waals surface area (Å²) in [7, 11) is 0. The number of carbonyl (C=O) groups is 1. The Balaban J connectivity index is 2.11. The van der Waals surface area contributed by atoms with Crippen LogP contribution < -0.4 is 4.90 Å². The Hall–Kier alpha value is -2.10. The zero-order valence-electron chi connectivity index (χ0n) is 10.7. The van der Waals surface area contributed by atoms with Gasteiger partial charge in [0.25, 0.3) is 0 Å². The van der Waals surface area contributed by atoms with Crippen LogP contribution >= 0.6 is 0 Å². The Kier molecular flexibility index (Phi) is 3.07. The quantitative estimate of drug-likeness (QED) is 0.897. The molecule has 2 aromatic rings. The van der Waals surface area contributed by atoms with Crippen molar-refractivity contribution in [3.8, 4) is 0 Å². The molecule has 1 aromatic carbocycles. The largest absolute Gasteiger partial charge is 0.478 e. The summed E-state index contributed by atoms with van der Waals surface area (Å²) in [4.78, 5) is 17.7. The topological polar surface area (TPSA) is 53.4 Å². The van der Waals surface area contributed by atoms with Gasteiger partial charge in [-0.15, -0.1) is 0 Å².